The molecule has 11 aromatic rings. The fraction of sp³-hybridized carbons (Fsp3) is 0.127. The molecule has 0 radical (unpaired) electrons. The standard InChI is InChI=1S/C71H57N4O.Pt/c1-69(2,3)50-31-33-51(34-32-50)71(63-29-15-13-25-59(63)60-26-14-16-30-64(60)71)53-35-37-61-62-38-36-56(46-66(62)75(65(61)43-53)67-44-52(39-40-72-67)70(4,5)6)76-55-24-17-23-54(45-55)73-41-42-74(47-73)68-57(48-19-9-7-10-20-48)27-18-28-58(68)49-21-11-8-12-22-49;/h7-44,47H,1-6H3;/q-3;. The summed E-state index contributed by atoms with van der Waals surface area (Å²) < 4.78 is 9.07. The molecule has 9 aromatic carbocycles. The van der Waals surface area contributed by atoms with Crippen LogP contribution in [-0.2, 0) is 37.3 Å². The van der Waals surface area contributed by atoms with Gasteiger partial charge in [-0.25, -0.2) is 4.98 Å². The van der Waals surface area contributed by atoms with Crippen LogP contribution in [0, 0.1) is 18.8 Å². The molecule has 0 saturated carbocycles. The number of rotatable bonds is 9. The summed E-state index contributed by atoms with van der Waals surface area (Å²) in [5.41, 5.74) is 17.8. The molecule has 380 valence electrons. The van der Waals surface area contributed by atoms with Crippen molar-refractivity contribution in [1.29, 1.82) is 0 Å². The van der Waals surface area contributed by atoms with Crippen molar-refractivity contribution >= 4 is 33.2 Å². The first-order valence-corrected chi connectivity index (χ1v) is 26.3. The van der Waals surface area contributed by atoms with E-state index in [9.17, 15) is 0 Å². The van der Waals surface area contributed by atoms with Gasteiger partial charge in [0.05, 0.1) is 5.41 Å². The summed E-state index contributed by atoms with van der Waals surface area (Å²) in [5.74, 6) is 1.99. The summed E-state index contributed by atoms with van der Waals surface area (Å²) in [6, 6.07) is 84.0. The van der Waals surface area contributed by atoms with Crippen molar-refractivity contribution in [3.05, 3.63) is 283 Å². The maximum absolute atomic E-state index is 6.78. The minimum Gasteiger partial charge on any atom is -0.509 e. The van der Waals surface area contributed by atoms with Crippen molar-refractivity contribution < 1.29 is 25.8 Å². The molecular formula is C71H57N4OPt-3. The smallest absolute Gasteiger partial charge is 0.135 e. The van der Waals surface area contributed by atoms with Gasteiger partial charge in [0.25, 0.3) is 0 Å². The third-order valence-electron chi connectivity index (χ3n) is 15.4. The van der Waals surface area contributed by atoms with E-state index in [0.717, 1.165) is 61.3 Å². The Bertz CT molecular complexity index is 3930. The summed E-state index contributed by atoms with van der Waals surface area (Å²) in [4.78, 5) is 9.42. The zero-order valence-electron chi connectivity index (χ0n) is 44.0. The molecule has 0 N–H and O–H groups in total. The molecule has 0 atom stereocenters. The second-order valence-corrected chi connectivity index (χ2v) is 22.1. The summed E-state index contributed by atoms with van der Waals surface area (Å²) in [6.45, 7) is 15.7. The molecule has 0 fully saturated rings. The fourth-order valence-electron chi connectivity index (χ4n) is 11.6. The van der Waals surface area contributed by atoms with Gasteiger partial charge >= 0.3 is 0 Å². The number of anilines is 2. The SMILES string of the molecule is CC(C)(C)c1ccc(C2(c3ccc4c5ccc(Oc6[c-]c(N7C=CN(c8c(-c9ccccc9)cccc8-c8ccccc8)[CH-]7)ccc6)[c-]c5n(-c5cc(C(C)(C)C)ccn5)c4c3)c3ccccc3-c3ccccc32)cc1.[Pt]. The third-order valence-corrected chi connectivity index (χ3v) is 15.4. The van der Waals surface area contributed by atoms with Gasteiger partial charge in [0.2, 0.25) is 0 Å². The van der Waals surface area contributed by atoms with Gasteiger partial charge in [0, 0.05) is 61.1 Å². The molecule has 3 heterocycles. The van der Waals surface area contributed by atoms with Crippen molar-refractivity contribution in [3.8, 4) is 50.7 Å². The maximum Gasteiger partial charge on any atom is 0.135 e. The number of hydrogen-bond donors (Lipinski definition) is 0. The molecule has 0 unspecified atom stereocenters. The molecule has 1 aliphatic carbocycles. The number of aromatic nitrogens is 2. The van der Waals surface area contributed by atoms with Crippen LogP contribution >= 0.6 is 0 Å². The molecule has 2 aromatic heterocycles. The Balaban J connectivity index is 0.00000596. The number of ether oxygens (including phenoxy) is 1. The Hall–Kier alpha value is -8.24. The van der Waals surface area contributed by atoms with E-state index in [0.29, 0.717) is 11.5 Å². The Labute approximate surface area is 467 Å². The van der Waals surface area contributed by atoms with Crippen molar-refractivity contribution in [2.75, 3.05) is 9.80 Å². The van der Waals surface area contributed by atoms with Crippen LogP contribution in [0.5, 0.6) is 11.5 Å². The van der Waals surface area contributed by atoms with Gasteiger partial charge in [0.1, 0.15) is 5.82 Å². The summed E-state index contributed by atoms with van der Waals surface area (Å²) in [6.07, 6.45) is 6.12. The molecule has 0 spiro atoms. The van der Waals surface area contributed by atoms with Crippen molar-refractivity contribution in [2.24, 2.45) is 0 Å². The van der Waals surface area contributed by atoms with Crippen LogP contribution in [0.2, 0.25) is 0 Å². The average molecular weight is 1180 g/mol. The van der Waals surface area contributed by atoms with Crippen molar-refractivity contribution in [3.63, 3.8) is 0 Å². The first-order valence-electron chi connectivity index (χ1n) is 26.3. The zero-order chi connectivity index (χ0) is 51.8. The van der Waals surface area contributed by atoms with E-state index in [1.807, 2.05) is 24.4 Å². The second kappa shape index (κ2) is 19.4. The summed E-state index contributed by atoms with van der Waals surface area (Å²) in [7, 11) is 0. The van der Waals surface area contributed by atoms with Gasteiger partial charge in [-0.05, 0) is 102 Å². The van der Waals surface area contributed by atoms with Crippen molar-refractivity contribution in [2.45, 2.75) is 57.8 Å². The number of benzene rings is 9. The molecule has 6 heteroatoms. The topological polar surface area (TPSA) is 33.5 Å². The van der Waals surface area contributed by atoms with Crippen molar-refractivity contribution in [1.82, 2.24) is 9.55 Å². The van der Waals surface area contributed by atoms with Crippen LogP contribution in [0.3, 0.4) is 0 Å². The third kappa shape index (κ3) is 8.58. The van der Waals surface area contributed by atoms with E-state index in [1.54, 1.807) is 0 Å². The minimum absolute atomic E-state index is 0. The molecule has 2 aliphatic rings. The Morgan fingerprint density at radius 2 is 1.04 bits per heavy atom. The van der Waals surface area contributed by atoms with Crippen LogP contribution in [-0.4, -0.2) is 9.55 Å². The van der Waals surface area contributed by atoms with E-state index < -0.39 is 5.41 Å². The number of nitrogens with zero attached hydrogens (tertiary/aromatic N) is 4. The number of pyridine rings is 1. The Kier molecular flexibility index (Phi) is 12.5. The first-order chi connectivity index (χ1) is 36.9. The van der Waals surface area contributed by atoms with Crippen LogP contribution in [0.4, 0.5) is 11.4 Å². The van der Waals surface area contributed by atoms with E-state index in [2.05, 4.69) is 281 Å². The average Bonchev–Trinajstić information content (AvgIpc) is 4.34. The predicted molar refractivity (Wildman–Crippen MR) is 313 cm³/mol. The van der Waals surface area contributed by atoms with E-state index in [-0.39, 0.29) is 31.9 Å². The monoisotopic (exact) mass is 1180 g/mol. The van der Waals surface area contributed by atoms with Crippen LogP contribution in [0.15, 0.2) is 231 Å². The molecule has 1 aliphatic heterocycles. The first kappa shape index (κ1) is 49.6. The normalized spacial score (nSPS) is 13.7. The van der Waals surface area contributed by atoms with Crippen LogP contribution in [0.1, 0.15) is 74.9 Å². The predicted octanol–water partition coefficient (Wildman–Crippen LogP) is 17.8. The van der Waals surface area contributed by atoms with Gasteiger partial charge < -0.3 is 19.1 Å². The minimum atomic E-state index is -0.590. The molecule has 0 amide bonds. The second-order valence-electron chi connectivity index (χ2n) is 22.1. The summed E-state index contributed by atoms with van der Waals surface area (Å²) >= 11 is 0. The number of fused-ring (bicyclic) bond motifs is 6. The molecule has 5 nitrogen and oxygen atoms in total. The fourth-order valence-corrected chi connectivity index (χ4v) is 11.6. The van der Waals surface area contributed by atoms with Crippen LogP contribution in [0.25, 0.3) is 61.0 Å². The molecular weight excluding hydrogens is 1120 g/mol. The Morgan fingerprint density at radius 1 is 0.481 bits per heavy atom. The number of para-hydroxylation sites is 1. The van der Waals surface area contributed by atoms with Gasteiger partial charge in [-0.15, -0.1) is 48.1 Å². The molecule has 77 heavy (non-hydrogen) atoms. The zero-order valence-corrected chi connectivity index (χ0v) is 46.3. The molecule has 13 rings (SSSR count). The van der Waals surface area contributed by atoms with Gasteiger partial charge in [0.15, 0.2) is 0 Å². The quantitative estimate of drug-likeness (QED) is 0.135. The van der Waals surface area contributed by atoms with E-state index in [1.165, 1.54) is 44.5 Å². The van der Waals surface area contributed by atoms with E-state index in [4.69, 9.17) is 9.72 Å². The largest absolute Gasteiger partial charge is 0.509 e. The Morgan fingerprint density at radius 3 is 1.69 bits per heavy atom. The molecule has 0 bridgehead atoms. The van der Waals surface area contributed by atoms with Gasteiger partial charge in [-0.2, -0.15) is 12.1 Å². The maximum atomic E-state index is 6.78. The molecule has 0 saturated heterocycles. The van der Waals surface area contributed by atoms with Gasteiger partial charge in [-0.3, -0.25) is 0 Å². The number of hydrogen-bond acceptors (Lipinski definition) is 4. The summed E-state index contributed by atoms with van der Waals surface area (Å²) in [5, 5.41) is 2.17. The van der Waals surface area contributed by atoms with E-state index >= 15 is 0 Å². The van der Waals surface area contributed by atoms with Crippen LogP contribution < -0.4 is 14.5 Å². The van der Waals surface area contributed by atoms with Gasteiger partial charge in [-0.1, -0.05) is 211 Å².